The van der Waals surface area contributed by atoms with Gasteiger partial charge < -0.3 is 9.64 Å². The Labute approximate surface area is 104 Å². The Kier molecular flexibility index (Phi) is 2.62. The summed E-state index contributed by atoms with van der Waals surface area (Å²) < 4.78 is 5.64. The standard InChI is InChI=1S/C15H21NO/c1-10-7-11-5-4-6-12-8-16(2)9-13(14(11)12)15(10)17-3/h7,12H,4-6,8-9H2,1-3H3. The minimum absolute atomic E-state index is 0.738. The van der Waals surface area contributed by atoms with Gasteiger partial charge in [0.05, 0.1) is 7.11 Å². The predicted octanol–water partition coefficient (Wildman–Crippen LogP) is 2.87. The van der Waals surface area contributed by atoms with E-state index < -0.39 is 0 Å². The van der Waals surface area contributed by atoms with Crippen molar-refractivity contribution in [3.8, 4) is 5.75 Å². The lowest BCUT2D eigenvalue weighted by molar-refractivity contribution is 0.259. The Morgan fingerprint density at radius 3 is 3.00 bits per heavy atom. The number of benzene rings is 1. The number of ether oxygens (including phenoxy) is 1. The SMILES string of the molecule is COc1c(C)cc2c3c1CN(C)CC3CCC2. The van der Waals surface area contributed by atoms with Crippen LogP contribution in [0.15, 0.2) is 6.07 Å². The molecule has 2 aliphatic rings. The second-order valence-corrected chi connectivity index (χ2v) is 5.56. The summed E-state index contributed by atoms with van der Waals surface area (Å²) >= 11 is 0. The number of methoxy groups -OCH3 is 1. The van der Waals surface area contributed by atoms with E-state index in [9.17, 15) is 0 Å². The first-order valence-corrected chi connectivity index (χ1v) is 6.58. The Morgan fingerprint density at radius 1 is 1.41 bits per heavy atom. The number of likely N-dealkylation sites (N-methyl/N-ethyl adjacent to an activating group) is 1. The molecule has 1 aromatic rings. The Balaban J connectivity index is 2.22. The summed E-state index contributed by atoms with van der Waals surface area (Å²) in [4.78, 5) is 2.43. The first kappa shape index (κ1) is 11.1. The molecule has 17 heavy (non-hydrogen) atoms. The summed E-state index contributed by atoms with van der Waals surface area (Å²) in [5, 5.41) is 0. The monoisotopic (exact) mass is 231 g/mol. The van der Waals surface area contributed by atoms with Gasteiger partial charge >= 0.3 is 0 Å². The fourth-order valence-corrected chi connectivity index (χ4v) is 3.69. The molecule has 2 nitrogen and oxygen atoms in total. The largest absolute Gasteiger partial charge is 0.496 e. The van der Waals surface area contributed by atoms with Crippen molar-refractivity contribution in [3.05, 3.63) is 28.3 Å². The molecule has 0 saturated heterocycles. The summed E-state index contributed by atoms with van der Waals surface area (Å²) in [6, 6.07) is 2.36. The molecule has 0 radical (unpaired) electrons. The summed E-state index contributed by atoms with van der Waals surface area (Å²) in [5.41, 5.74) is 5.97. The minimum Gasteiger partial charge on any atom is -0.496 e. The fraction of sp³-hybridized carbons (Fsp3) is 0.600. The normalized spacial score (nSPS) is 23.4. The van der Waals surface area contributed by atoms with Crippen LogP contribution in [0, 0.1) is 6.92 Å². The molecule has 1 aromatic carbocycles. The van der Waals surface area contributed by atoms with Crippen LogP contribution < -0.4 is 4.74 Å². The highest BCUT2D eigenvalue weighted by molar-refractivity contribution is 5.53. The molecule has 0 spiro atoms. The van der Waals surface area contributed by atoms with Crippen molar-refractivity contribution in [1.29, 1.82) is 0 Å². The average molecular weight is 231 g/mol. The van der Waals surface area contributed by atoms with Gasteiger partial charge in [-0.25, -0.2) is 0 Å². The van der Waals surface area contributed by atoms with Gasteiger partial charge in [-0.15, -0.1) is 0 Å². The first-order valence-electron chi connectivity index (χ1n) is 6.58. The molecule has 0 fully saturated rings. The van der Waals surface area contributed by atoms with Crippen LogP contribution in [-0.2, 0) is 13.0 Å². The number of hydrogen-bond acceptors (Lipinski definition) is 2. The zero-order chi connectivity index (χ0) is 12.0. The van der Waals surface area contributed by atoms with Crippen molar-refractivity contribution in [3.63, 3.8) is 0 Å². The van der Waals surface area contributed by atoms with Gasteiger partial charge in [0.1, 0.15) is 5.75 Å². The fourth-order valence-electron chi connectivity index (χ4n) is 3.69. The van der Waals surface area contributed by atoms with Crippen molar-refractivity contribution in [2.75, 3.05) is 20.7 Å². The molecule has 0 saturated carbocycles. The lowest BCUT2D eigenvalue weighted by Gasteiger charge is -2.38. The van der Waals surface area contributed by atoms with E-state index in [1.54, 1.807) is 18.2 Å². The molecular formula is C15H21NO. The Hall–Kier alpha value is -1.02. The molecule has 3 rings (SSSR count). The van der Waals surface area contributed by atoms with E-state index in [4.69, 9.17) is 4.74 Å². The van der Waals surface area contributed by atoms with Crippen LogP contribution >= 0.6 is 0 Å². The second-order valence-electron chi connectivity index (χ2n) is 5.56. The molecule has 92 valence electrons. The second kappa shape index (κ2) is 4.02. The van der Waals surface area contributed by atoms with Crippen molar-refractivity contribution in [2.45, 2.75) is 38.6 Å². The zero-order valence-electron chi connectivity index (χ0n) is 11.0. The third-order valence-corrected chi connectivity index (χ3v) is 4.27. The number of nitrogens with zero attached hydrogens (tertiary/aromatic N) is 1. The summed E-state index contributed by atoms with van der Waals surface area (Å²) in [6.07, 6.45) is 3.95. The zero-order valence-corrected chi connectivity index (χ0v) is 11.0. The molecule has 0 N–H and O–H groups in total. The maximum absolute atomic E-state index is 5.64. The highest BCUT2D eigenvalue weighted by atomic mass is 16.5. The molecule has 0 amide bonds. The maximum Gasteiger partial charge on any atom is 0.126 e. The molecule has 1 unspecified atom stereocenters. The molecular weight excluding hydrogens is 210 g/mol. The van der Waals surface area contributed by atoms with Crippen molar-refractivity contribution in [1.82, 2.24) is 4.90 Å². The smallest absolute Gasteiger partial charge is 0.126 e. The van der Waals surface area contributed by atoms with Gasteiger partial charge in [0, 0.05) is 18.7 Å². The third kappa shape index (κ3) is 1.66. The maximum atomic E-state index is 5.64. The minimum atomic E-state index is 0.738. The highest BCUT2D eigenvalue weighted by Crippen LogP contribution is 2.43. The molecule has 1 aliphatic heterocycles. The predicted molar refractivity (Wildman–Crippen MR) is 69.7 cm³/mol. The van der Waals surface area contributed by atoms with Gasteiger partial charge in [-0.2, -0.15) is 0 Å². The lowest BCUT2D eigenvalue weighted by Crippen LogP contribution is -2.33. The van der Waals surface area contributed by atoms with Gasteiger partial charge in [0.15, 0.2) is 0 Å². The van der Waals surface area contributed by atoms with Crippen LogP contribution in [0.4, 0.5) is 0 Å². The van der Waals surface area contributed by atoms with Gasteiger partial charge in [-0.1, -0.05) is 6.07 Å². The quantitative estimate of drug-likeness (QED) is 0.737. The van der Waals surface area contributed by atoms with Crippen LogP contribution in [-0.4, -0.2) is 25.6 Å². The van der Waals surface area contributed by atoms with Gasteiger partial charge in [0.25, 0.3) is 0 Å². The number of hydrogen-bond donors (Lipinski definition) is 0. The molecule has 1 aliphatic carbocycles. The molecule has 1 atom stereocenters. The topological polar surface area (TPSA) is 12.5 Å². The van der Waals surface area contributed by atoms with E-state index >= 15 is 0 Å². The van der Waals surface area contributed by atoms with Gasteiger partial charge in [0.2, 0.25) is 0 Å². The lowest BCUT2D eigenvalue weighted by atomic mass is 9.76. The molecule has 1 heterocycles. The van der Waals surface area contributed by atoms with E-state index in [1.165, 1.54) is 36.9 Å². The van der Waals surface area contributed by atoms with Crippen LogP contribution in [0.2, 0.25) is 0 Å². The Bertz CT molecular complexity index is 453. The highest BCUT2D eigenvalue weighted by Gasteiger charge is 2.31. The van der Waals surface area contributed by atoms with E-state index in [-0.39, 0.29) is 0 Å². The summed E-state index contributed by atoms with van der Waals surface area (Å²) in [5.74, 6) is 1.87. The van der Waals surface area contributed by atoms with Crippen LogP contribution in [0.25, 0.3) is 0 Å². The first-order chi connectivity index (χ1) is 8.20. The van der Waals surface area contributed by atoms with E-state index in [1.807, 2.05) is 0 Å². The molecule has 2 heteroatoms. The average Bonchev–Trinajstić information content (AvgIpc) is 2.28. The number of aryl methyl sites for hydroxylation is 2. The summed E-state index contributed by atoms with van der Waals surface area (Å²) in [7, 11) is 4.02. The number of rotatable bonds is 1. The molecule has 0 aromatic heterocycles. The van der Waals surface area contributed by atoms with Gasteiger partial charge in [-0.3, -0.25) is 0 Å². The van der Waals surface area contributed by atoms with E-state index in [0.717, 1.165) is 18.2 Å². The summed E-state index contributed by atoms with van der Waals surface area (Å²) in [6.45, 7) is 4.43. The van der Waals surface area contributed by atoms with Crippen LogP contribution in [0.1, 0.15) is 41.0 Å². The third-order valence-electron chi connectivity index (χ3n) is 4.27. The Morgan fingerprint density at radius 2 is 2.24 bits per heavy atom. The van der Waals surface area contributed by atoms with E-state index in [2.05, 4.69) is 24.9 Å². The van der Waals surface area contributed by atoms with E-state index in [0.29, 0.717) is 0 Å². The van der Waals surface area contributed by atoms with Crippen molar-refractivity contribution >= 4 is 0 Å². The van der Waals surface area contributed by atoms with Gasteiger partial charge in [-0.05, 0) is 55.8 Å². The van der Waals surface area contributed by atoms with Crippen molar-refractivity contribution in [2.24, 2.45) is 0 Å². The van der Waals surface area contributed by atoms with Crippen LogP contribution in [0.5, 0.6) is 5.75 Å². The van der Waals surface area contributed by atoms with Crippen LogP contribution in [0.3, 0.4) is 0 Å². The van der Waals surface area contributed by atoms with Crippen molar-refractivity contribution < 1.29 is 4.74 Å². The molecule has 0 bridgehead atoms.